The van der Waals surface area contributed by atoms with Crippen molar-refractivity contribution < 1.29 is 4.74 Å². The molecule has 0 aliphatic heterocycles. The molecule has 1 aliphatic carbocycles. The van der Waals surface area contributed by atoms with Gasteiger partial charge in [0.15, 0.2) is 0 Å². The fourth-order valence-electron chi connectivity index (χ4n) is 3.11. The normalized spacial score (nSPS) is 27.7. The van der Waals surface area contributed by atoms with E-state index in [-0.39, 0.29) is 5.60 Å². The highest BCUT2D eigenvalue weighted by Gasteiger charge is 2.40. The fraction of sp³-hybridized carbons (Fsp3) is 0.800. The van der Waals surface area contributed by atoms with Gasteiger partial charge in [-0.25, -0.2) is 4.98 Å². The van der Waals surface area contributed by atoms with Gasteiger partial charge in [-0.2, -0.15) is 0 Å². The zero-order chi connectivity index (χ0) is 13.9. The lowest BCUT2D eigenvalue weighted by molar-refractivity contribution is -0.0821. The van der Waals surface area contributed by atoms with Crippen LogP contribution in [0.15, 0.2) is 0 Å². The van der Waals surface area contributed by atoms with Gasteiger partial charge in [0, 0.05) is 18.0 Å². The Kier molecular flexibility index (Phi) is 4.98. The van der Waals surface area contributed by atoms with E-state index >= 15 is 0 Å². The van der Waals surface area contributed by atoms with Crippen molar-refractivity contribution in [3.8, 4) is 0 Å². The lowest BCUT2D eigenvalue weighted by Crippen LogP contribution is -2.35. The molecular formula is C15H26N2OS. The van der Waals surface area contributed by atoms with Crippen molar-refractivity contribution in [2.75, 3.05) is 13.7 Å². The first-order valence-corrected chi connectivity index (χ1v) is 8.18. The van der Waals surface area contributed by atoms with Crippen molar-refractivity contribution in [1.82, 2.24) is 10.3 Å². The predicted octanol–water partition coefficient (Wildman–Crippen LogP) is 3.61. The molecule has 108 valence electrons. The quantitative estimate of drug-likeness (QED) is 0.896. The molecule has 1 aliphatic rings. The summed E-state index contributed by atoms with van der Waals surface area (Å²) >= 11 is 1.83. The molecule has 0 saturated heterocycles. The summed E-state index contributed by atoms with van der Waals surface area (Å²) in [6.45, 7) is 8.21. The molecule has 4 heteroatoms. The van der Waals surface area contributed by atoms with E-state index in [1.807, 2.05) is 18.4 Å². The Morgan fingerprint density at radius 1 is 1.53 bits per heavy atom. The first-order valence-electron chi connectivity index (χ1n) is 7.36. The number of hydrogen-bond donors (Lipinski definition) is 1. The summed E-state index contributed by atoms with van der Waals surface area (Å²) in [5.74, 6) is 0.734. The van der Waals surface area contributed by atoms with Gasteiger partial charge in [-0.3, -0.25) is 0 Å². The van der Waals surface area contributed by atoms with Crippen LogP contribution in [-0.4, -0.2) is 18.6 Å². The molecule has 1 aromatic rings. The first-order chi connectivity index (χ1) is 9.11. The Labute approximate surface area is 120 Å². The van der Waals surface area contributed by atoms with Crippen LogP contribution in [0.25, 0.3) is 0 Å². The zero-order valence-electron chi connectivity index (χ0n) is 12.6. The Morgan fingerprint density at radius 2 is 2.32 bits per heavy atom. The lowest BCUT2D eigenvalue weighted by atomic mass is 9.79. The number of aromatic nitrogens is 1. The number of thiazole rings is 1. The molecule has 1 heterocycles. The van der Waals surface area contributed by atoms with E-state index in [0.29, 0.717) is 0 Å². The van der Waals surface area contributed by atoms with E-state index in [9.17, 15) is 0 Å². The van der Waals surface area contributed by atoms with E-state index in [1.54, 1.807) is 0 Å². The standard InChI is InChI=1S/C15H26N2OS/c1-5-18-15(8-6-7-11(2)9-15)14-17-12(3)13(19-14)10-16-4/h11,16H,5-10H2,1-4H3. The van der Waals surface area contributed by atoms with Gasteiger partial charge >= 0.3 is 0 Å². The maximum atomic E-state index is 6.20. The molecular weight excluding hydrogens is 256 g/mol. The van der Waals surface area contributed by atoms with Gasteiger partial charge in [0.2, 0.25) is 0 Å². The third-order valence-electron chi connectivity index (χ3n) is 4.00. The second-order valence-corrected chi connectivity index (χ2v) is 6.77. The Bertz CT molecular complexity index is 414. The Balaban J connectivity index is 2.30. The summed E-state index contributed by atoms with van der Waals surface area (Å²) in [5.41, 5.74) is 1.04. The average molecular weight is 282 g/mol. The van der Waals surface area contributed by atoms with E-state index in [1.165, 1.54) is 22.7 Å². The van der Waals surface area contributed by atoms with Crippen LogP contribution < -0.4 is 5.32 Å². The highest BCUT2D eigenvalue weighted by molar-refractivity contribution is 7.11. The second-order valence-electron chi connectivity index (χ2n) is 5.69. The van der Waals surface area contributed by atoms with Crippen LogP contribution in [0.1, 0.15) is 55.1 Å². The van der Waals surface area contributed by atoms with E-state index in [0.717, 1.165) is 37.6 Å². The van der Waals surface area contributed by atoms with E-state index in [2.05, 4.69) is 26.1 Å². The number of rotatable bonds is 5. The molecule has 19 heavy (non-hydrogen) atoms. The van der Waals surface area contributed by atoms with Crippen LogP contribution in [0.3, 0.4) is 0 Å². The summed E-state index contributed by atoms with van der Waals surface area (Å²) < 4.78 is 6.20. The molecule has 0 bridgehead atoms. The van der Waals surface area contributed by atoms with Gasteiger partial charge in [-0.1, -0.05) is 13.3 Å². The highest BCUT2D eigenvalue weighted by Crippen LogP contribution is 2.44. The van der Waals surface area contributed by atoms with Crippen LogP contribution in [0.4, 0.5) is 0 Å². The minimum absolute atomic E-state index is 0.117. The molecule has 2 unspecified atom stereocenters. The number of nitrogens with zero attached hydrogens (tertiary/aromatic N) is 1. The number of hydrogen-bond acceptors (Lipinski definition) is 4. The molecule has 1 aromatic heterocycles. The number of ether oxygens (including phenoxy) is 1. The topological polar surface area (TPSA) is 34.1 Å². The van der Waals surface area contributed by atoms with E-state index in [4.69, 9.17) is 9.72 Å². The van der Waals surface area contributed by atoms with Crippen molar-refractivity contribution in [2.24, 2.45) is 5.92 Å². The van der Waals surface area contributed by atoms with Gasteiger partial charge in [0.05, 0.1) is 5.69 Å². The Morgan fingerprint density at radius 3 is 2.95 bits per heavy atom. The minimum Gasteiger partial charge on any atom is -0.368 e. The predicted molar refractivity (Wildman–Crippen MR) is 80.6 cm³/mol. The van der Waals surface area contributed by atoms with Crippen LogP contribution in [0.2, 0.25) is 0 Å². The van der Waals surface area contributed by atoms with Crippen LogP contribution >= 0.6 is 11.3 Å². The molecule has 2 rings (SSSR count). The molecule has 0 spiro atoms. The maximum Gasteiger partial charge on any atom is 0.125 e. The molecule has 2 atom stereocenters. The van der Waals surface area contributed by atoms with Crippen molar-refractivity contribution in [2.45, 2.75) is 58.6 Å². The molecule has 1 N–H and O–H groups in total. The average Bonchev–Trinajstić information content (AvgIpc) is 2.73. The van der Waals surface area contributed by atoms with Crippen LogP contribution in [0.5, 0.6) is 0 Å². The maximum absolute atomic E-state index is 6.20. The van der Waals surface area contributed by atoms with Gasteiger partial charge in [0.25, 0.3) is 0 Å². The van der Waals surface area contributed by atoms with Crippen LogP contribution in [-0.2, 0) is 16.9 Å². The lowest BCUT2D eigenvalue weighted by Gasteiger charge is -2.38. The van der Waals surface area contributed by atoms with Crippen LogP contribution in [0, 0.1) is 12.8 Å². The number of aryl methyl sites for hydroxylation is 1. The fourth-order valence-corrected chi connectivity index (χ4v) is 4.37. The summed E-state index contributed by atoms with van der Waals surface area (Å²) in [6, 6.07) is 0. The molecule has 0 aromatic carbocycles. The Hall–Kier alpha value is -0.450. The minimum atomic E-state index is -0.117. The number of nitrogens with one attached hydrogen (secondary N) is 1. The SMILES string of the molecule is CCOC1(c2nc(C)c(CNC)s2)CCCC(C)C1. The van der Waals surface area contributed by atoms with Gasteiger partial charge in [-0.15, -0.1) is 11.3 Å². The summed E-state index contributed by atoms with van der Waals surface area (Å²) in [7, 11) is 1.99. The smallest absolute Gasteiger partial charge is 0.125 e. The molecule has 3 nitrogen and oxygen atoms in total. The second kappa shape index (κ2) is 6.33. The van der Waals surface area contributed by atoms with E-state index < -0.39 is 0 Å². The molecule has 1 fully saturated rings. The molecule has 0 radical (unpaired) electrons. The highest BCUT2D eigenvalue weighted by atomic mass is 32.1. The van der Waals surface area contributed by atoms with Crippen molar-refractivity contribution >= 4 is 11.3 Å². The zero-order valence-corrected chi connectivity index (χ0v) is 13.4. The summed E-state index contributed by atoms with van der Waals surface area (Å²) in [5, 5.41) is 4.42. The van der Waals surface area contributed by atoms with Crippen molar-refractivity contribution in [3.63, 3.8) is 0 Å². The largest absolute Gasteiger partial charge is 0.368 e. The third kappa shape index (κ3) is 3.18. The molecule has 1 saturated carbocycles. The first kappa shape index (κ1) is 14.9. The monoisotopic (exact) mass is 282 g/mol. The van der Waals surface area contributed by atoms with Gasteiger partial charge in [0.1, 0.15) is 10.6 Å². The summed E-state index contributed by atoms with van der Waals surface area (Å²) in [4.78, 5) is 6.17. The van der Waals surface area contributed by atoms with Gasteiger partial charge < -0.3 is 10.1 Å². The van der Waals surface area contributed by atoms with Crippen molar-refractivity contribution in [1.29, 1.82) is 0 Å². The molecule has 0 amide bonds. The summed E-state index contributed by atoms with van der Waals surface area (Å²) in [6.07, 6.45) is 4.81. The third-order valence-corrected chi connectivity index (χ3v) is 5.34. The van der Waals surface area contributed by atoms with Crippen molar-refractivity contribution in [3.05, 3.63) is 15.6 Å². The van der Waals surface area contributed by atoms with Gasteiger partial charge in [-0.05, 0) is 46.1 Å².